The highest BCUT2D eigenvalue weighted by Crippen LogP contribution is 2.12. The normalized spacial score (nSPS) is 11.5. The molecule has 1 rings (SSSR count). The number of nitrogens with zero attached hydrogens (tertiary/aromatic N) is 2. The van der Waals surface area contributed by atoms with Gasteiger partial charge in [0, 0.05) is 6.54 Å². The monoisotopic (exact) mass is 295 g/mol. The number of nitriles is 1. The molecule has 0 aromatic heterocycles. The standard InChI is InChI=1S/C14H21N3O2S/c1-17(2)9-4-7-16-8-10-20(18,19)14-6-3-5-13(11-14)12-15/h3,5-6,11,16H,4,7-10H2,1-2H3. The fraction of sp³-hybridized carbons (Fsp3) is 0.500. The summed E-state index contributed by atoms with van der Waals surface area (Å²) in [6.07, 6.45) is 0.983. The van der Waals surface area contributed by atoms with Gasteiger partial charge >= 0.3 is 0 Å². The Morgan fingerprint density at radius 3 is 2.70 bits per heavy atom. The molecule has 110 valence electrons. The van der Waals surface area contributed by atoms with Crippen molar-refractivity contribution in [3.8, 4) is 6.07 Å². The summed E-state index contributed by atoms with van der Waals surface area (Å²) in [5.41, 5.74) is 0.366. The second kappa shape index (κ2) is 8.00. The van der Waals surface area contributed by atoms with Gasteiger partial charge in [-0.2, -0.15) is 5.26 Å². The maximum atomic E-state index is 12.1. The van der Waals surface area contributed by atoms with Gasteiger partial charge in [0.2, 0.25) is 0 Å². The lowest BCUT2D eigenvalue weighted by Gasteiger charge is -2.10. The maximum Gasteiger partial charge on any atom is 0.179 e. The van der Waals surface area contributed by atoms with E-state index in [2.05, 4.69) is 10.2 Å². The first-order valence-electron chi connectivity index (χ1n) is 6.54. The molecule has 0 fully saturated rings. The molecule has 1 aromatic rings. The van der Waals surface area contributed by atoms with Gasteiger partial charge in [-0.25, -0.2) is 8.42 Å². The molecule has 0 spiro atoms. The zero-order chi connectivity index (χ0) is 15.0. The van der Waals surface area contributed by atoms with Crippen molar-refractivity contribution >= 4 is 9.84 Å². The van der Waals surface area contributed by atoms with E-state index < -0.39 is 9.84 Å². The molecule has 0 aliphatic carbocycles. The molecule has 0 atom stereocenters. The Kier molecular flexibility index (Phi) is 6.65. The highest BCUT2D eigenvalue weighted by Gasteiger charge is 2.14. The maximum absolute atomic E-state index is 12.1. The van der Waals surface area contributed by atoms with Crippen LogP contribution in [0.3, 0.4) is 0 Å². The largest absolute Gasteiger partial charge is 0.316 e. The van der Waals surface area contributed by atoms with Gasteiger partial charge in [-0.1, -0.05) is 6.07 Å². The van der Waals surface area contributed by atoms with Gasteiger partial charge in [-0.15, -0.1) is 0 Å². The molecule has 6 heteroatoms. The Bertz CT molecular complexity index is 562. The molecule has 0 unspecified atom stereocenters. The fourth-order valence-corrected chi connectivity index (χ4v) is 2.97. The molecular weight excluding hydrogens is 274 g/mol. The number of nitrogens with one attached hydrogen (secondary N) is 1. The van der Waals surface area contributed by atoms with E-state index in [-0.39, 0.29) is 10.6 Å². The second-order valence-electron chi connectivity index (χ2n) is 4.87. The van der Waals surface area contributed by atoms with E-state index in [0.29, 0.717) is 12.1 Å². The van der Waals surface area contributed by atoms with E-state index in [0.717, 1.165) is 19.5 Å². The third kappa shape index (κ3) is 5.70. The first kappa shape index (κ1) is 16.6. The third-order valence-electron chi connectivity index (χ3n) is 2.83. The van der Waals surface area contributed by atoms with Gasteiger partial charge < -0.3 is 10.2 Å². The zero-order valence-electron chi connectivity index (χ0n) is 12.0. The second-order valence-corrected chi connectivity index (χ2v) is 6.97. The average molecular weight is 295 g/mol. The number of hydrogen-bond acceptors (Lipinski definition) is 5. The summed E-state index contributed by atoms with van der Waals surface area (Å²) < 4.78 is 24.2. The lowest BCUT2D eigenvalue weighted by Crippen LogP contribution is -2.26. The summed E-state index contributed by atoms with van der Waals surface area (Å²) in [5.74, 6) is 0.0455. The van der Waals surface area contributed by atoms with Crippen LogP contribution < -0.4 is 5.32 Å². The number of rotatable bonds is 8. The summed E-state index contributed by atoms with van der Waals surface area (Å²) in [6, 6.07) is 8.09. The first-order chi connectivity index (χ1) is 9.45. The van der Waals surface area contributed by atoms with Crippen LogP contribution in [0.15, 0.2) is 29.2 Å². The van der Waals surface area contributed by atoms with Crippen LogP contribution in [0.1, 0.15) is 12.0 Å². The third-order valence-corrected chi connectivity index (χ3v) is 4.54. The molecule has 0 saturated heterocycles. The molecule has 0 saturated carbocycles. The first-order valence-corrected chi connectivity index (χ1v) is 8.19. The average Bonchev–Trinajstić information content (AvgIpc) is 2.42. The van der Waals surface area contributed by atoms with E-state index in [1.165, 1.54) is 12.1 Å². The number of benzene rings is 1. The summed E-state index contributed by atoms with van der Waals surface area (Å²) in [6.45, 7) is 2.20. The van der Waals surface area contributed by atoms with Crippen molar-refractivity contribution in [2.45, 2.75) is 11.3 Å². The summed E-state index contributed by atoms with van der Waals surface area (Å²) in [7, 11) is 0.693. The summed E-state index contributed by atoms with van der Waals surface area (Å²) >= 11 is 0. The van der Waals surface area contributed by atoms with Gasteiger partial charge in [0.05, 0.1) is 22.3 Å². The Morgan fingerprint density at radius 1 is 1.30 bits per heavy atom. The van der Waals surface area contributed by atoms with Crippen molar-refractivity contribution in [3.63, 3.8) is 0 Å². The van der Waals surface area contributed by atoms with E-state index in [1.807, 2.05) is 20.2 Å². The van der Waals surface area contributed by atoms with Crippen molar-refractivity contribution in [3.05, 3.63) is 29.8 Å². The quantitative estimate of drug-likeness (QED) is 0.721. The van der Waals surface area contributed by atoms with Crippen molar-refractivity contribution in [1.29, 1.82) is 5.26 Å². The van der Waals surface area contributed by atoms with E-state index in [9.17, 15) is 8.42 Å². The van der Waals surface area contributed by atoms with Crippen molar-refractivity contribution in [1.82, 2.24) is 10.2 Å². The molecule has 0 heterocycles. The molecule has 20 heavy (non-hydrogen) atoms. The van der Waals surface area contributed by atoms with E-state index in [1.54, 1.807) is 12.1 Å². The van der Waals surface area contributed by atoms with Crippen LogP contribution in [0.25, 0.3) is 0 Å². The highest BCUT2D eigenvalue weighted by molar-refractivity contribution is 7.91. The van der Waals surface area contributed by atoms with Gasteiger partial charge in [0.1, 0.15) is 0 Å². The van der Waals surface area contributed by atoms with Crippen LogP contribution in [0.2, 0.25) is 0 Å². The minimum absolute atomic E-state index is 0.0455. The molecule has 1 N–H and O–H groups in total. The number of hydrogen-bond donors (Lipinski definition) is 1. The summed E-state index contributed by atoms with van der Waals surface area (Å²) in [5, 5.41) is 11.9. The Balaban J connectivity index is 2.44. The van der Waals surface area contributed by atoms with Gasteiger partial charge in [-0.05, 0) is 51.8 Å². The molecular formula is C14H21N3O2S. The predicted molar refractivity (Wildman–Crippen MR) is 79.3 cm³/mol. The fourth-order valence-electron chi connectivity index (χ4n) is 1.73. The molecule has 1 aromatic carbocycles. The Morgan fingerprint density at radius 2 is 2.05 bits per heavy atom. The smallest absolute Gasteiger partial charge is 0.179 e. The number of sulfone groups is 1. The minimum Gasteiger partial charge on any atom is -0.316 e. The van der Waals surface area contributed by atoms with E-state index in [4.69, 9.17) is 5.26 Å². The van der Waals surface area contributed by atoms with Crippen molar-refractivity contribution < 1.29 is 8.42 Å². The lowest BCUT2D eigenvalue weighted by molar-refractivity contribution is 0.395. The molecule has 0 amide bonds. The predicted octanol–water partition coefficient (Wildman–Crippen LogP) is 0.873. The van der Waals surface area contributed by atoms with Crippen LogP contribution in [-0.2, 0) is 9.84 Å². The van der Waals surface area contributed by atoms with Gasteiger partial charge in [0.25, 0.3) is 0 Å². The topological polar surface area (TPSA) is 73.2 Å². The van der Waals surface area contributed by atoms with Crippen molar-refractivity contribution in [2.24, 2.45) is 0 Å². The SMILES string of the molecule is CN(C)CCCNCCS(=O)(=O)c1cccc(C#N)c1. The van der Waals surface area contributed by atoms with Crippen LogP contribution in [0.5, 0.6) is 0 Å². The molecule has 0 aliphatic rings. The summed E-state index contributed by atoms with van der Waals surface area (Å²) in [4.78, 5) is 2.30. The van der Waals surface area contributed by atoms with Crippen LogP contribution in [0.4, 0.5) is 0 Å². The molecule has 0 bridgehead atoms. The van der Waals surface area contributed by atoms with Gasteiger partial charge in [0.15, 0.2) is 9.84 Å². The molecule has 0 aliphatic heterocycles. The van der Waals surface area contributed by atoms with Crippen LogP contribution >= 0.6 is 0 Å². The Labute approximate surface area is 121 Å². The van der Waals surface area contributed by atoms with Crippen LogP contribution in [0, 0.1) is 11.3 Å². The zero-order valence-corrected chi connectivity index (χ0v) is 12.8. The van der Waals surface area contributed by atoms with Crippen LogP contribution in [-0.4, -0.2) is 52.8 Å². The highest BCUT2D eigenvalue weighted by atomic mass is 32.2. The molecule has 0 radical (unpaired) electrons. The lowest BCUT2D eigenvalue weighted by atomic mass is 10.2. The van der Waals surface area contributed by atoms with Crippen molar-refractivity contribution in [2.75, 3.05) is 39.5 Å². The van der Waals surface area contributed by atoms with E-state index >= 15 is 0 Å². The molecule has 5 nitrogen and oxygen atoms in total. The van der Waals surface area contributed by atoms with Gasteiger partial charge in [-0.3, -0.25) is 0 Å². The minimum atomic E-state index is -3.32. The Hall–Kier alpha value is -1.42.